The molecule has 0 fully saturated rings. The highest BCUT2D eigenvalue weighted by molar-refractivity contribution is 5.91. The van der Waals surface area contributed by atoms with Crippen molar-refractivity contribution in [3.05, 3.63) is 36.2 Å². The van der Waals surface area contributed by atoms with Gasteiger partial charge in [-0.25, -0.2) is 4.68 Å². The summed E-state index contributed by atoms with van der Waals surface area (Å²) in [5, 5.41) is 16.7. The highest BCUT2D eigenvalue weighted by Gasteiger charge is 2.06. The predicted octanol–water partition coefficient (Wildman–Crippen LogP) is 1.18. The van der Waals surface area contributed by atoms with E-state index in [0.717, 1.165) is 0 Å². The molecule has 2 aromatic rings. The van der Waals surface area contributed by atoms with Crippen LogP contribution in [0, 0.1) is 0 Å². The maximum absolute atomic E-state index is 11.0. The smallest absolute Gasteiger partial charge is 0.181 e. The number of rotatable bonds is 2. The van der Waals surface area contributed by atoms with E-state index in [0.29, 0.717) is 11.4 Å². The first-order chi connectivity index (χ1) is 7.16. The number of carbonyl (C=O) groups excluding carboxylic acids is 1. The molecule has 0 saturated carbocycles. The highest BCUT2D eigenvalue weighted by atomic mass is 16.3. The van der Waals surface area contributed by atoms with Crippen LogP contribution >= 0.6 is 0 Å². The summed E-state index contributed by atoms with van der Waals surface area (Å²) in [6.45, 7) is 1.43. The van der Waals surface area contributed by atoms with Crippen LogP contribution in [0.1, 0.15) is 17.4 Å². The number of aromatic hydroxyl groups is 1. The van der Waals surface area contributed by atoms with Crippen molar-refractivity contribution in [1.29, 1.82) is 0 Å². The summed E-state index contributed by atoms with van der Waals surface area (Å²) in [6.07, 6.45) is 1.52. The van der Waals surface area contributed by atoms with Gasteiger partial charge in [-0.3, -0.25) is 4.79 Å². The number of phenolic OH excluding ortho intramolecular Hbond substituents is 1. The lowest BCUT2D eigenvalue weighted by Crippen LogP contribution is -1.94. The summed E-state index contributed by atoms with van der Waals surface area (Å²) in [6, 6.07) is 6.56. The average molecular weight is 203 g/mol. The molecular formula is C10H9N3O2. The van der Waals surface area contributed by atoms with Gasteiger partial charge in [0.1, 0.15) is 11.4 Å². The predicted molar refractivity (Wildman–Crippen MR) is 53.0 cm³/mol. The van der Waals surface area contributed by atoms with Gasteiger partial charge in [0.2, 0.25) is 0 Å². The molecule has 0 aliphatic carbocycles. The second kappa shape index (κ2) is 3.53. The van der Waals surface area contributed by atoms with Crippen LogP contribution in [0.25, 0.3) is 5.69 Å². The molecule has 2 rings (SSSR count). The number of Topliss-reactive ketones (excluding diaryl/α,β-unsaturated/α-hetero) is 1. The summed E-state index contributed by atoms with van der Waals surface area (Å²) in [7, 11) is 0. The number of carbonyl (C=O) groups is 1. The minimum Gasteiger partial charge on any atom is -0.508 e. The summed E-state index contributed by atoms with van der Waals surface area (Å²) in [5.41, 5.74) is 0.966. The van der Waals surface area contributed by atoms with Gasteiger partial charge in [0.25, 0.3) is 0 Å². The zero-order chi connectivity index (χ0) is 10.8. The van der Waals surface area contributed by atoms with Crippen molar-refractivity contribution in [3.63, 3.8) is 0 Å². The van der Waals surface area contributed by atoms with E-state index in [4.69, 9.17) is 0 Å². The quantitative estimate of drug-likeness (QED) is 0.744. The van der Waals surface area contributed by atoms with E-state index in [1.54, 1.807) is 24.3 Å². The first kappa shape index (κ1) is 9.39. The van der Waals surface area contributed by atoms with Crippen molar-refractivity contribution >= 4 is 5.78 Å². The molecule has 0 amide bonds. The molecule has 5 heteroatoms. The van der Waals surface area contributed by atoms with Gasteiger partial charge in [0.15, 0.2) is 5.78 Å². The molecule has 15 heavy (non-hydrogen) atoms. The molecule has 1 aromatic heterocycles. The van der Waals surface area contributed by atoms with Crippen molar-refractivity contribution in [2.75, 3.05) is 0 Å². The zero-order valence-electron chi connectivity index (χ0n) is 8.08. The highest BCUT2D eigenvalue weighted by Crippen LogP contribution is 2.14. The van der Waals surface area contributed by atoms with Gasteiger partial charge in [-0.15, -0.1) is 5.10 Å². The van der Waals surface area contributed by atoms with E-state index in [1.165, 1.54) is 17.8 Å². The van der Waals surface area contributed by atoms with Crippen LogP contribution in [-0.2, 0) is 0 Å². The largest absolute Gasteiger partial charge is 0.508 e. The molecule has 1 aromatic carbocycles. The van der Waals surface area contributed by atoms with Gasteiger partial charge < -0.3 is 5.11 Å². The molecule has 1 N–H and O–H groups in total. The number of benzene rings is 1. The number of hydrogen-bond donors (Lipinski definition) is 1. The minimum atomic E-state index is -0.138. The van der Waals surface area contributed by atoms with Crippen molar-refractivity contribution in [1.82, 2.24) is 15.0 Å². The van der Waals surface area contributed by atoms with Crippen molar-refractivity contribution in [2.24, 2.45) is 0 Å². The standard InChI is InChI=1S/C10H9N3O2/c1-7(14)10-6-13(12-11-10)8-3-2-4-9(15)5-8/h2-6,15H,1H3. The molecule has 0 aliphatic heterocycles. The number of ketones is 1. The fourth-order valence-electron chi connectivity index (χ4n) is 1.19. The Labute approximate surface area is 86.0 Å². The fourth-order valence-corrected chi connectivity index (χ4v) is 1.19. The maximum Gasteiger partial charge on any atom is 0.181 e. The van der Waals surface area contributed by atoms with Crippen LogP contribution in [0.15, 0.2) is 30.5 Å². The van der Waals surface area contributed by atoms with E-state index in [1.807, 2.05) is 0 Å². The summed E-state index contributed by atoms with van der Waals surface area (Å²) in [4.78, 5) is 11.0. The van der Waals surface area contributed by atoms with Crippen LogP contribution < -0.4 is 0 Å². The van der Waals surface area contributed by atoms with Crippen molar-refractivity contribution in [2.45, 2.75) is 6.92 Å². The van der Waals surface area contributed by atoms with Crippen LogP contribution in [0.3, 0.4) is 0 Å². The second-order valence-corrected chi connectivity index (χ2v) is 3.12. The minimum absolute atomic E-state index is 0.138. The van der Waals surface area contributed by atoms with Gasteiger partial charge in [-0.1, -0.05) is 11.3 Å². The average Bonchev–Trinajstić information content (AvgIpc) is 2.66. The van der Waals surface area contributed by atoms with Crippen LogP contribution in [-0.4, -0.2) is 25.9 Å². The number of hydrogen-bond acceptors (Lipinski definition) is 4. The number of nitrogens with zero attached hydrogens (tertiary/aromatic N) is 3. The van der Waals surface area contributed by atoms with Crippen molar-refractivity contribution < 1.29 is 9.90 Å². The van der Waals surface area contributed by atoms with Gasteiger partial charge in [0, 0.05) is 13.0 Å². The first-order valence-electron chi connectivity index (χ1n) is 4.39. The summed E-state index contributed by atoms with van der Waals surface area (Å²) >= 11 is 0. The van der Waals surface area contributed by atoms with Crippen LogP contribution in [0.2, 0.25) is 0 Å². The molecule has 76 valence electrons. The summed E-state index contributed by atoms with van der Waals surface area (Å²) in [5.74, 6) is 0.00813. The molecule has 0 spiro atoms. The van der Waals surface area contributed by atoms with Gasteiger partial charge in [-0.2, -0.15) is 0 Å². The molecule has 0 unspecified atom stereocenters. The van der Waals surface area contributed by atoms with Crippen LogP contribution in [0.4, 0.5) is 0 Å². The van der Waals surface area contributed by atoms with E-state index < -0.39 is 0 Å². The molecule has 0 aliphatic rings. The monoisotopic (exact) mass is 203 g/mol. The Kier molecular flexibility index (Phi) is 2.21. The fraction of sp³-hybridized carbons (Fsp3) is 0.100. The van der Waals surface area contributed by atoms with Gasteiger partial charge in [0.05, 0.1) is 11.9 Å². The Morgan fingerprint density at radius 3 is 2.87 bits per heavy atom. The SMILES string of the molecule is CC(=O)c1cn(-c2cccc(O)c2)nn1. The third-order valence-corrected chi connectivity index (χ3v) is 1.95. The molecule has 5 nitrogen and oxygen atoms in total. The molecule has 0 saturated heterocycles. The van der Waals surface area contributed by atoms with Gasteiger partial charge in [-0.05, 0) is 12.1 Å². The Hall–Kier alpha value is -2.17. The van der Waals surface area contributed by atoms with Crippen LogP contribution in [0.5, 0.6) is 5.75 Å². The Bertz CT molecular complexity index is 505. The number of aromatic nitrogens is 3. The Balaban J connectivity index is 2.41. The second-order valence-electron chi connectivity index (χ2n) is 3.12. The first-order valence-corrected chi connectivity index (χ1v) is 4.39. The molecule has 0 atom stereocenters. The third kappa shape index (κ3) is 1.85. The molecule has 1 heterocycles. The molecule has 0 radical (unpaired) electrons. The lowest BCUT2D eigenvalue weighted by Gasteiger charge is -1.99. The molecular weight excluding hydrogens is 194 g/mol. The van der Waals surface area contributed by atoms with E-state index in [2.05, 4.69) is 10.3 Å². The normalized spacial score (nSPS) is 10.2. The van der Waals surface area contributed by atoms with Gasteiger partial charge >= 0.3 is 0 Å². The molecule has 0 bridgehead atoms. The maximum atomic E-state index is 11.0. The van der Waals surface area contributed by atoms with E-state index >= 15 is 0 Å². The van der Waals surface area contributed by atoms with E-state index in [9.17, 15) is 9.90 Å². The lowest BCUT2D eigenvalue weighted by molar-refractivity contribution is 0.101. The topological polar surface area (TPSA) is 68.0 Å². The summed E-state index contributed by atoms with van der Waals surface area (Å²) < 4.78 is 1.44. The van der Waals surface area contributed by atoms with E-state index in [-0.39, 0.29) is 11.5 Å². The zero-order valence-corrected chi connectivity index (χ0v) is 8.08. The Morgan fingerprint density at radius 2 is 2.27 bits per heavy atom. The lowest BCUT2D eigenvalue weighted by atomic mass is 10.3. The Morgan fingerprint density at radius 1 is 1.47 bits per heavy atom. The third-order valence-electron chi connectivity index (χ3n) is 1.95. The number of phenols is 1. The van der Waals surface area contributed by atoms with Crippen molar-refractivity contribution in [3.8, 4) is 11.4 Å².